The number of hydrogen-bond donors (Lipinski definition) is 1. The lowest BCUT2D eigenvalue weighted by Crippen LogP contribution is -1.99. The van der Waals surface area contributed by atoms with Crippen LogP contribution in [-0.2, 0) is 6.42 Å². The fraction of sp³-hybridized carbons (Fsp3) is 0.294. The Morgan fingerprint density at radius 1 is 0.950 bits per heavy atom. The van der Waals surface area contributed by atoms with Gasteiger partial charge in [0.1, 0.15) is 17.2 Å². The first-order valence-electron chi connectivity index (χ1n) is 6.64. The van der Waals surface area contributed by atoms with Gasteiger partial charge in [-0.25, -0.2) is 0 Å². The van der Waals surface area contributed by atoms with Gasteiger partial charge in [0.25, 0.3) is 0 Å². The third-order valence-corrected chi connectivity index (χ3v) is 3.50. The molecule has 0 aliphatic heterocycles. The summed E-state index contributed by atoms with van der Waals surface area (Å²) < 4.78 is 10.2. The maximum absolute atomic E-state index is 10.0. The van der Waals surface area contributed by atoms with Gasteiger partial charge in [0.2, 0.25) is 0 Å². The smallest absolute Gasteiger partial charge is 0.122 e. The van der Waals surface area contributed by atoms with Gasteiger partial charge in [-0.1, -0.05) is 25.1 Å². The molecule has 20 heavy (non-hydrogen) atoms. The summed E-state index contributed by atoms with van der Waals surface area (Å²) in [4.78, 5) is 0. The van der Waals surface area contributed by atoms with Crippen LogP contribution in [0.15, 0.2) is 42.5 Å². The fourth-order valence-electron chi connectivity index (χ4n) is 2.22. The summed E-state index contributed by atoms with van der Waals surface area (Å²) in [6, 6.07) is 13.5. The van der Waals surface area contributed by atoms with Crippen LogP contribution in [0.4, 0.5) is 0 Å². The molecule has 0 saturated heterocycles. The Bertz CT molecular complexity index is 561. The monoisotopic (exact) mass is 272 g/mol. The molecule has 0 radical (unpaired) electrons. The summed E-state index contributed by atoms with van der Waals surface area (Å²) in [6.45, 7) is 2.14. The second-order valence-corrected chi connectivity index (χ2v) is 4.87. The van der Waals surface area contributed by atoms with E-state index < -0.39 is 0 Å². The van der Waals surface area contributed by atoms with Crippen molar-refractivity contribution in [2.45, 2.75) is 19.3 Å². The number of ether oxygens (including phenoxy) is 2. The van der Waals surface area contributed by atoms with Crippen molar-refractivity contribution in [3.8, 4) is 17.2 Å². The zero-order valence-electron chi connectivity index (χ0n) is 12.1. The molecule has 106 valence electrons. The number of methoxy groups -OCH3 is 2. The van der Waals surface area contributed by atoms with E-state index in [9.17, 15) is 5.11 Å². The van der Waals surface area contributed by atoms with Crippen molar-refractivity contribution in [3.63, 3.8) is 0 Å². The fourth-order valence-corrected chi connectivity index (χ4v) is 2.22. The number of hydrogen-bond acceptors (Lipinski definition) is 3. The summed E-state index contributed by atoms with van der Waals surface area (Å²) in [5.41, 5.74) is 2.15. The molecule has 0 amide bonds. The molecule has 0 fully saturated rings. The minimum Gasteiger partial charge on any atom is -0.508 e. The molecule has 3 nitrogen and oxygen atoms in total. The first-order chi connectivity index (χ1) is 9.63. The van der Waals surface area contributed by atoms with E-state index in [4.69, 9.17) is 9.47 Å². The Balaban J connectivity index is 2.12. The van der Waals surface area contributed by atoms with E-state index >= 15 is 0 Å². The van der Waals surface area contributed by atoms with E-state index in [1.54, 1.807) is 20.3 Å². The molecule has 0 heterocycles. The van der Waals surface area contributed by atoms with Crippen molar-refractivity contribution in [2.75, 3.05) is 14.2 Å². The Labute approximate surface area is 119 Å². The number of phenols is 1. The van der Waals surface area contributed by atoms with Crippen molar-refractivity contribution >= 4 is 0 Å². The molecule has 0 aromatic heterocycles. The molecule has 1 N–H and O–H groups in total. The SMILES string of the molecule is COc1ccc([C@@H](C)Cc2ccc(OC)cc2O)cc1. The Hall–Kier alpha value is -2.16. The summed E-state index contributed by atoms with van der Waals surface area (Å²) in [7, 11) is 3.25. The van der Waals surface area contributed by atoms with Crippen LogP contribution in [0, 0.1) is 0 Å². The zero-order chi connectivity index (χ0) is 14.5. The van der Waals surface area contributed by atoms with Crippen LogP contribution >= 0.6 is 0 Å². The summed E-state index contributed by atoms with van der Waals surface area (Å²) in [6.07, 6.45) is 0.780. The van der Waals surface area contributed by atoms with Gasteiger partial charge < -0.3 is 14.6 Å². The Morgan fingerprint density at radius 3 is 2.10 bits per heavy atom. The Morgan fingerprint density at radius 2 is 1.55 bits per heavy atom. The molecule has 1 atom stereocenters. The highest BCUT2D eigenvalue weighted by atomic mass is 16.5. The summed E-state index contributed by atoms with van der Waals surface area (Å²) in [5, 5.41) is 10.0. The topological polar surface area (TPSA) is 38.7 Å². The standard InChI is InChI=1S/C17H20O3/c1-12(13-4-7-15(19-2)8-5-13)10-14-6-9-16(20-3)11-17(14)18/h4-9,11-12,18H,10H2,1-3H3/t12-/m0/s1. The largest absolute Gasteiger partial charge is 0.508 e. The minimum atomic E-state index is 0.282. The van der Waals surface area contributed by atoms with Gasteiger partial charge in [-0.15, -0.1) is 0 Å². The number of rotatable bonds is 5. The van der Waals surface area contributed by atoms with Gasteiger partial charge in [0.05, 0.1) is 14.2 Å². The maximum Gasteiger partial charge on any atom is 0.122 e. The second kappa shape index (κ2) is 6.33. The molecule has 0 spiro atoms. The first-order valence-corrected chi connectivity index (χ1v) is 6.64. The van der Waals surface area contributed by atoms with Crippen LogP contribution < -0.4 is 9.47 Å². The van der Waals surface area contributed by atoms with E-state index in [-0.39, 0.29) is 5.75 Å². The molecule has 0 saturated carbocycles. The molecular formula is C17H20O3. The van der Waals surface area contributed by atoms with Gasteiger partial charge in [-0.05, 0) is 41.7 Å². The highest BCUT2D eigenvalue weighted by Gasteiger charge is 2.10. The van der Waals surface area contributed by atoms with Crippen LogP contribution in [0.2, 0.25) is 0 Å². The lowest BCUT2D eigenvalue weighted by Gasteiger charge is -2.14. The minimum absolute atomic E-state index is 0.282. The van der Waals surface area contributed by atoms with Gasteiger partial charge in [0.15, 0.2) is 0 Å². The molecule has 0 aliphatic carbocycles. The predicted molar refractivity (Wildman–Crippen MR) is 79.8 cm³/mol. The lowest BCUT2D eigenvalue weighted by molar-refractivity contribution is 0.406. The maximum atomic E-state index is 10.0. The van der Waals surface area contributed by atoms with E-state index in [1.165, 1.54) is 5.56 Å². The predicted octanol–water partition coefficient (Wildman–Crippen LogP) is 3.76. The number of benzene rings is 2. The van der Waals surface area contributed by atoms with Crippen LogP contribution in [0.5, 0.6) is 17.2 Å². The van der Waals surface area contributed by atoms with Gasteiger partial charge >= 0.3 is 0 Å². The third-order valence-electron chi connectivity index (χ3n) is 3.50. The molecule has 2 aromatic carbocycles. The quantitative estimate of drug-likeness (QED) is 0.900. The molecule has 2 aromatic rings. The molecule has 2 rings (SSSR count). The highest BCUT2D eigenvalue weighted by molar-refractivity contribution is 5.41. The van der Waals surface area contributed by atoms with Crippen molar-refractivity contribution in [1.29, 1.82) is 0 Å². The molecule has 3 heteroatoms. The van der Waals surface area contributed by atoms with E-state index in [0.717, 1.165) is 17.7 Å². The van der Waals surface area contributed by atoms with Crippen molar-refractivity contribution in [1.82, 2.24) is 0 Å². The third kappa shape index (κ3) is 3.23. The molecule has 0 unspecified atom stereocenters. The van der Waals surface area contributed by atoms with Crippen LogP contribution in [-0.4, -0.2) is 19.3 Å². The average molecular weight is 272 g/mol. The lowest BCUT2D eigenvalue weighted by atomic mass is 9.93. The summed E-state index contributed by atoms with van der Waals surface area (Å²) in [5.74, 6) is 2.13. The highest BCUT2D eigenvalue weighted by Crippen LogP contribution is 2.29. The molecular weight excluding hydrogens is 252 g/mol. The van der Waals surface area contributed by atoms with Crippen LogP contribution in [0.25, 0.3) is 0 Å². The van der Waals surface area contributed by atoms with E-state index in [2.05, 4.69) is 19.1 Å². The van der Waals surface area contributed by atoms with Crippen LogP contribution in [0.3, 0.4) is 0 Å². The van der Waals surface area contributed by atoms with Gasteiger partial charge in [-0.2, -0.15) is 0 Å². The molecule has 0 aliphatic rings. The first kappa shape index (κ1) is 14.3. The average Bonchev–Trinajstić information content (AvgIpc) is 2.49. The van der Waals surface area contributed by atoms with E-state index in [1.807, 2.05) is 24.3 Å². The van der Waals surface area contributed by atoms with Crippen molar-refractivity contribution in [3.05, 3.63) is 53.6 Å². The summed E-state index contributed by atoms with van der Waals surface area (Å²) >= 11 is 0. The Kier molecular flexibility index (Phi) is 4.51. The zero-order valence-corrected chi connectivity index (χ0v) is 12.1. The van der Waals surface area contributed by atoms with Gasteiger partial charge in [-0.3, -0.25) is 0 Å². The van der Waals surface area contributed by atoms with Crippen LogP contribution in [0.1, 0.15) is 24.0 Å². The van der Waals surface area contributed by atoms with E-state index in [0.29, 0.717) is 11.7 Å². The molecule has 0 bridgehead atoms. The second-order valence-electron chi connectivity index (χ2n) is 4.87. The van der Waals surface area contributed by atoms with Crippen molar-refractivity contribution in [2.24, 2.45) is 0 Å². The van der Waals surface area contributed by atoms with Crippen molar-refractivity contribution < 1.29 is 14.6 Å². The van der Waals surface area contributed by atoms with Gasteiger partial charge in [0, 0.05) is 6.07 Å². The normalized spacial score (nSPS) is 11.9. The number of aromatic hydroxyl groups is 1. The number of phenolic OH excluding ortho intramolecular Hbond substituents is 1.